The summed E-state index contributed by atoms with van der Waals surface area (Å²) in [5.41, 5.74) is -2.74. The largest absolute Gasteiger partial charge is 0.506 e. The zero-order valence-corrected chi connectivity index (χ0v) is 14.2. The van der Waals surface area contributed by atoms with Gasteiger partial charge in [0, 0.05) is 5.39 Å². The normalized spacial score (nSPS) is 13.7. The molecule has 0 aliphatic heterocycles. The number of nitriles is 2. The SMILES string of the molecule is N#CC1=C(C#N)C(O)=c2c(nc3c4c(=O)[nH]c5ccccc5c4nn3c2=O)C1=O. The standard InChI is InChI=1S/C19H6N6O4/c20-5-8-9(6-21)16(27)14-11(15(8)26)19(29)25-17(23-14)12-13(24-25)7-3-1-2-4-10(7)22-18(12)28/h1-4,26H,(H,22,28). The van der Waals surface area contributed by atoms with Crippen LogP contribution in [0.25, 0.3) is 33.2 Å². The highest BCUT2D eigenvalue weighted by Crippen LogP contribution is 2.23. The molecule has 0 saturated carbocycles. The van der Waals surface area contributed by atoms with Crippen molar-refractivity contribution in [3.8, 4) is 12.1 Å². The van der Waals surface area contributed by atoms with E-state index in [1.54, 1.807) is 36.4 Å². The number of allylic oxidation sites excluding steroid dienone is 1. The summed E-state index contributed by atoms with van der Waals surface area (Å²) < 4.78 is 0.807. The quantitative estimate of drug-likeness (QED) is 0.429. The first-order valence-electron chi connectivity index (χ1n) is 8.18. The van der Waals surface area contributed by atoms with Crippen molar-refractivity contribution in [1.29, 1.82) is 10.5 Å². The van der Waals surface area contributed by atoms with Crippen LogP contribution in [0.1, 0.15) is 10.5 Å². The van der Waals surface area contributed by atoms with Gasteiger partial charge >= 0.3 is 0 Å². The molecule has 4 aromatic rings. The summed E-state index contributed by atoms with van der Waals surface area (Å²) in [5.74, 6) is -1.81. The number of carbonyl (C=O) groups is 1. The summed E-state index contributed by atoms with van der Waals surface area (Å²) in [6.45, 7) is 0. The van der Waals surface area contributed by atoms with Crippen LogP contribution in [0, 0.1) is 22.7 Å². The fraction of sp³-hybridized carbons (Fsp3) is 0. The number of fused-ring (bicyclic) bond motifs is 6. The number of aromatic amines is 1. The number of hydrogen-bond donors (Lipinski definition) is 2. The van der Waals surface area contributed by atoms with E-state index in [0.717, 1.165) is 4.52 Å². The molecule has 1 aliphatic rings. The Morgan fingerprint density at radius 1 is 1.07 bits per heavy atom. The topological polar surface area (TPSA) is 165 Å². The van der Waals surface area contributed by atoms with Crippen molar-refractivity contribution in [3.63, 3.8) is 0 Å². The zero-order chi connectivity index (χ0) is 20.4. The van der Waals surface area contributed by atoms with E-state index in [2.05, 4.69) is 15.1 Å². The lowest BCUT2D eigenvalue weighted by atomic mass is 9.95. The molecule has 1 aromatic carbocycles. The van der Waals surface area contributed by atoms with Crippen LogP contribution in [0.2, 0.25) is 0 Å². The van der Waals surface area contributed by atoms with E-state index in [4.69, 9.17) is 0 Å². The second-order valence-electron chi connectivity index (χ2n) is 6.25. The molecule has 2 N–H and O–H groups in total. The number of carbonyl (C=O) groups excluding carboxylic acids is 1. The maximum atomic E-state index is 13.0. The third kappa shape index (κ3) is 1.89. The van der Waals surface area contributed by atoms with Crippen LogP contribution >= 0.6 is 0 Å². The molecule has 0 amide bonds. The average Bonchev–Trinajstić information content (AvgIpc) is 3.11. The molecule has 5 rings (SSSR count). The van der Waals surface area contributed by atoms with Crippen LogP contribution in [0.5, 0.6) is 0 Å². The molecule has 10 heteroatoms. The maximum Gasteiger partial charge on any atom is 0.286 e. The minimum Gasteiger partial charge on any atom is -0.506 e. The number of ketones is 1. The third-order valence-corrected chi connectivity index (χ3v) is 4.77. The van der Waals surface area contributed by atoms with Gasteiger partial charge in [0.2, 0.25) is 5.78 Å². The third-order valence-electron chi connectivity index (χ3n) is 4.77. The van der Waals surface area contributed by atoms with Crippen molar-refractivity contribution in [2.45, 2.75) is 0 Å². The molecule has 0 fully saturated rings. The van der Waals surface area contributed by atoms with Crippen LogP contribution in [0.15, 0.2) is 45.0 Å². The number of aromatic nitrogens is 4. The lowest BCUT2D eigenvalue weighted by Gasteiger charge is -2.09. The summed E-state index contributed by atoms with van der Waals surface area (Å²) in [6, 6.07) is 9.93. The Morgan fingerprint density at radius 3 is 2.52 bits per heavy atom. The van der Waals surface area contributed by atoms with Gasteiger partial charge in [0.1, 0.15) is 50.9 Å². The number of pyridine rings is 1. The second-order valence-corrected chi connectivity index (χ2v) is 6.25. The van der Waals surface area contributed by atoms with Crippen molar-refractivity contribution in [3.05, 3.63) is 67.0 Å². The van der Waals surface area contributed by atoms with Gasteiger partial charge in [-0.3, -0.25) is 14.4 Å². The first kappa shape index (κ1) is 16.4. The minimum atomic E-state index is -0.983. The maximum absolute atomic E-state index is 13.0. The molecule has 0 saturated heterocycles. The number of hydrogen-bond acceptors (Lipinski definition) is 8. The van der Waals surface area contributed by atoms with Crippen LogP contribution in [-0.4, -0.2) is 30.5 Å². The molecule has 3 aromatic heterocycles. The van der Waals surface area contributed by atoms with Crippen LogP contribution in [0.3, 0.4) is 0 Å². The number of Topliss-reactive ketones (excluding diaryl/α,β-unsaturated/α-hetero) is 1. The minimum absolute atomic E-state index is 0.00976. The number of para-hydroxylation sites is 1. The fourth-order valence-electron chi connectivity index (χ4n) is 3.47. The lowest BCUT2D eigenvalue weighted by Crippen LogP contribution is -2.42. The summed E-state index contributed by atoms with van der Waals surface area (Å²) in [6.07, 6.45) is 0. The monoisotopic (exact) mass is 382 g/mol. The Kier molecular flexibility index (Phi) is 3.01. The van der Waals surface area contributed by atoms with Crippen LogP contribution in [0.4, 0.5) is 0 Å². The van der Waals surface area contributed by atoms with Gasteiger partial charge < -0.3 is 10.1 Å². The molecular formula is C19H6N6O4. The summed E-state index contributed by atoms with van der Waals surface area (Å²) in [4.78, 5) is 45.0. The fourth-order valence-corrected chi connectivity index (χ4v) is 3.47. The van der Waals surface area contributed by atoms with E-state index in [-0.39, 0.29) is 16.6 Å². The highest BCUT2D eigenvalue weighted by Gasteiger charge is 2.32. The number of aliphatic hydroxyl groups excluding tert-OH is 1. The van der Waals surface area contributed by atoms with Crippen molar-refractivity contribution >= 4 is 39.0 Å². The molecule has 0 bridgehead atoms. The van der Waals surface area contributed by atoms with Gasteiger partial charge in [-0.2, -0.15) is 20.1 Å². The van der Waals surface area contributed by atoms with Crippen molar-refractivity contribution in [2.24, 2.45) is 0 Å². The molecule has 0 radical (unpaired) electrons. The summed E-state index contributed by atoms with van der Waals surface area (Å²) in [5, 5.41) is 33.0. The van der Waals surface area contributed by atoms with E-state index >= 15 is 0 Å². The summed E-state index contributed by atoms with van der Waals surface area (Å²) >= 11 is 0. The van der Waals surface area contributed by atoms with Gasteiger partial charge in [-0.1, -0.05) is 18.2 Å². The Hall–Kier alpha value is -4.83. The lowest BCUT2D eigenvalue weighted by molar-refractivity contribution is 0.103. The molecule has 10 nitrogen and oxygen atoms in total. The van der Waals surface area contributed by atoms with Gasteiger partial charge in [0.25, 0.3) is 11.1 Å². The van der Waals surface area contributed by atoms with Crippen LogP contribution in [-0.2, 0) is 0 Å². The molecule has 0 unspecified atom stereocenters. The predicted molar refractivity (Wildman–Crippen MR) is 98.7 cm³/mol. The highest BCUT2D eigenvalue weighted by molar-refractivity contribution is 6.15. The predicted octanol–water partition coefficient (Wildman–Crippen LogP) is 0.00936. The van der Waals surface area contributed by atoms with Gasteiger partial charge in [-0.25, -0.2) is 4.98 Å². The Bertz CT molecular complexity index is 1740. The number of benzene rings is 1. The smallest absolute Gasteiger partial charge is 0.286 e. The average molecular weight is 382 g/mol. The number of H-pyrrole nitrogens is 1. The Labute approximate surface area is 158 Å². The van der Waals surface area contributed by atoms with Gasteiger partial charge in [-0.05, 0) is 6.07 Å². The summed E-state index contributed by atoms with van der Waals surface area (Å²) in [7, 11) is 0. The number of aliphatic hydroxyl groups is 1. The van der Waals surface area contributed by atoms with Crippen molar-refractivity contribution < 1.29 is 9.90 Å². The molecule has 29 heavy (non-hydrogen) atoms. The van der Waals surface area contributed by atoms with Gasteiger partial charge in [0.15, 0.2) is 5.65 Å². The number of nitrogens with zero attached hydrogens (tertiary/aromatic N) is 5. The second kappa shape index (κ2) is 5.34. The van der Waals surface area contributed by atoms with Gasteiger partial charge in [-0.15, -0.1) is 0 Å². The van der Waals surface area contributed by atoms with E-state index in [0.29, 0.717) is 10.9 Å². The van der Waals surface area contributed by atoms with Crippen molar-refractivity contribution in [1.82, 2.24) is 19.6 Å². The molecular weight excluding hydrogens is 376 g/mol. The Morgan fingerprint density at radius 2 is 1.79 bits per heavy atom. The van der Waals surface area contributed by atoms with E-state index in [1.165, 1.54) is 0 Å². The molecule has 0 spiro atoms. The van der Waals surface area contributed by atoms with Crippen LogP contribution < -0.4 is 16.3 Å². The highest BCUT2D eigenvalue weighted by atomic mass is 16.3. The molecule has 3 heterocycles. The Balaban J connectivity index is 2.08. The number of nitrogens with one attached hydrogen (secondary N) is 1. The van der Waals surface area contributed by atoms with Gasteiger partial charge in [0.05, 0.1) is 5.52 Å². The molecule has 0 atom stereocenters. The van der Waals surface area contributed by atoms with E-state index in [1.807, 2.05) is 0 Å². The zero-order valence-electron chi connectivity index (χ0n) is 14.2. The first-order chi connectivity index (χ1) is 14.0. The molecule has 1 aliphatic carbocycles. The van der Waals surface area contributed by atoms with E-state index in [9.17, 15) is 30.0 Å². The first-order valence-corrected chi connectivity index (χ1v) is 8.18. The van der Waals surface area contributed by atoms with Crippen molar-refractivity contribution in [2.75, 3.05) is 0 Å². The van der Waals surface area contributed by atoms with E-state index < -0.39 is 44.7 Å². The number of rotatable bonds is 0. The molecule has 136 valence electrons.